The minimum absolute atomic E-state index is 0.277. The van der Waals surface area contributed by atoms with Gasteiger partial charge < -0.3 is 4.74 Å². The lowest BCUT2D eigenvalue weighted by atomic mass is 9.98. The molecule has 2 atom stereocenters. The van der Waals surface area contributed by atoms with Crippen LogP contribution in [0.15, 0.2) is 48.5 Å². The van der Waals surface area contributed by atoms with Crippen LogP contribution in [0.3, 0.4) is 0 Å². The number of halogens is 2. The topological polar surface area (TPSA) is 43.4 Å². The van der Waals surface area contributed by atoms with Crippen LogP contribution in [0.5, 0.6) is 0 Å². The van der Waals surface area contributed by atoms with Crippen molar-refractivity contribution < 1.29 is 14.3 Å². The maximum Gasteiger partial charge on any atom is 0.316 e. The van der Waals surface area contributed by atoms with E-state index in [4.69, 9.17) is 27.9 Å². The molecule has 0 amide bonds. The highest BCUT2D eigenvalue weighted by Gasteiger charge is 2.69. The molecule has 1 saturated carbocycles. The van der Waals surface area contributed by atoms with Crippen molar-refractivity contribution in [1.29, 1.82) is 0 Å². The fraction of sp³-hybridized carbons (Fsp3) is 0.333. The molecule has 0 heterocycles. The number of benzene rings is 2. The Labute approximate surface area is 163 Å². The lowest BCUT2D eigenvalue weighted by Crippen LogP contribution is -2.27. The van der Waals surface area contributed by atoms with Gasteiger partial charge >= 0.3 is 5.97 Å². The Morgan fingerprint density at radius 1 is 0.962 bits per heavy atom. The molecule has 0 bridgehead atoms. The number of esters is 1. The zero-order valence-corrected chi connectivity index (χ0v) is 16.4. The third-order valence-corrected chi connectivity index (χ3v) is 5.99. The first-order chi connectivity index (χ1) is 12.1. The highest BCUT2D eigenvalue weighted by molar-refractivity contribution is 6.53. The van der Waals surface area contributed by atoms with E-state index in [1.54, 1.807) is 31.2 Å². The summed E-state index contributed by atoms with van der Waals surface area (Å²) in [5.74, 6) is -0.838. The van der Waals surface area contributed by atoms with Gasteiger partial charge in [-0.3, -0.25) is 9.59 Å². The summed E-state index contributed by atoms with van der Waals surface area (Å²) in [6.45, 7) is 5.55. The molecule has 0 unspecified atom stereocenters. The summed E-state index contributed by atoms with van der Waals surface area (Å²) in [5.41, 5.74) is 2.21. The zero-order valence-electron chi connectivity index (χ0n) is 14.9. The van der Waals surface area contributed by atoms with E-state index in [9.17, 15) is 9.59 Å². The molecule has 26 heavy (non-hydrogen) atoms. The van der Waals surface area contributed by atoms with E-state index in [0.29, 0.717) is 17.5 Å². The van der Waals surface area contributed by atoms with Crippen molar-refractivity contribution in [2.45, 2.75) is 37.6 Å². The number of hydrogen-bond donors (Lipinski definition) is 0. The Bertz CT molecular complexity index is 841. The van der Waals surface area contributed by atoms with Crippen molar-refractivity contribution >= 4 is 35.0 Å². The fourth-order valence-electron chi connectivity index (χ4n) is 2.74. The van der Waals surface area contributed by atoms with Gasteiger partial charge in [-0.25, -0.2) is 0 Å². The second-order valence-corrected chi connectivity index (χ2v) is 8.62. The van der Waals surface area contributed by atoms with Gasteiger partial charge in [0.1, 0.15) is 9.75 Å². The normalized spacial score (nSPS) is 21.7. The van der Waals surface area contributed by atoms with E-state index >= 15 is 0 Å². The van der Waals surface area contributed by atoms with Crippen LogP contribution in [0.2, 0.25) is 0 Å². The van der Waals surface area contributed by atoms with Crippen molar-refractivity contribution in [3.05, 3.63) is 70.8 Å². The standard InChI is InChI=1S/C21H20Cl2O3/c1-13-4-8-15(9-5-13)17(24)18(16-10-6-14(2)7-11-16)26-19(25)20(3)12-21(20,22)23/h4-11,18H,12H2,1-3H3/t18-,20-/m0/s1. The minimum atomic E-state index is -1.14. The molecular formula is C21H20Cl2O3. The molecular weight excluding hydrogens is 371 g/mol. The minimum Gasteiger partial charge on any atom is -0.448 e. The number of aryl methyl sites for hydroxylation is 2. The van der Waals surface area contributed by atoms with Gasteiger partial charge in [0.2, 0.25) is 5.78 Å². The maximum absolute atomic E-state index is 13.0. The highest BCUT2D eigenvalue weighted by Crippen LogP contribution is 2.64. The number of ether oxygens (including phenoxy) is 1. The lowest BCUT2D eigenvalue weighted by molar-refractivity contribution is -0.153. The van der Waals surface area contributed by atoms with Crippen LogP contribution in [-0.4, -0.2) is 16.1 Å². The van der Waals surface area contributed by atoms with Crippen molar-refractivity contribution in [2.75, 3.05) is 0 Å². The summed E-state index contributed by atoms with van der Waals surface area (Å²) in [4.78, 5) is 25.7. The summed E-state index contributed by atoms with van der Waals surface area (Å²) < 4.78 is 4.48. The van der Waals surface area contributed by atoms with Gasteiger partial charge in [0.25, 0.3) is 0 Å². The van der Waals surface area contributed by atoms with Gasteiger partial charge in [0.15, 0.2) is 6.10 Å². The molecule has 0 aromatic heterocycles. The van der Waals surface area contributed by atoms with Crippen LogP contribution in [-0.2, 0) is 9.53 Å². The number of carbonyl (C=O) groups excluding carboxylic acids is 2. The molecule has 1 fully saturated rings. The SMILES string of the molecule is Cc1ccc(C(=O)[C@@H](OC(=O)[C@]2(C)CC2(Cl)Cl)c2ccc(C)cc2)cc1. The van der Waals surface area contributed by atoms with E-state index in [0.717, 1.165) is 11.1 Å². The van der Waals surface area contributed by atoms with Crippen LogP contribution >= 0.6 is 23.2 Å². The Morgan fingerprint density at radius 2 is 1.42 bits per heavy atom. The monoisotopic (exact) mass is 390 g/mol. The third kappa shape index (κ3) is 3.51. The van der Waals surface area contributed by atoms with E-state index in [-0.39, 0.29) is 5.78 Å². The molecule has 2 aromatic rings. The second kappa shape index (κ2) is 6.71. The van der Waals surface area contributed by atoms with Crippen molar-refractivity contribution in [2.24, 2.45) is 5.41 Å². The Hall–Kier alpha value is -1.84. The number of ketones is 1. The van der Waals surface area contributed by atoms with E-state index < -0.39 is 21.8 Å². The van der Waals surface area contributed by atoms with Gasteiger partial charge in [-0.05, 0) is 20.8 Å². The quantitative estimate of drug-likeness (QED) is 0.392. The summed E-state index contributed by atoms with van der Waals surface area (Å²) >= 11 is 12.2. The third-order valence-electron chi connectivity index (χ3n) is 4.89. The molecule has 0 N–H and O–H groups in total. The molecule has 1 aliphatic carbocycles. The molecule has 0 spiro atoms. The van der Waals surface area contributed by atoms with Crippen LogP contribution in [0.25, 0.3) is 0 Å². The first kappa shape index (κ1) is 18.9. The number of alkyl halides is 2. The summed E-state index contributed by atoms with van der Waals surface area (Å²) in [6, 6.07) is 14.5. The molecule has 2 aromatic carbocycles. The molecule has 3 rings (SSSR count). The average Bonchev–Trinajstić information content (AvgIpc) is 3.13. The first-order valence-corrected chi connectivity index (χ1v) is 9.16. The van der Waals surface area contributed by atoms with Gasteiger partial charge in [0, 0.05) is 17.5 Å². The maximum atomic E-state index is 13.0. The molecule has 1 aliphatic rings. The van der Waals surface area contributed by atoms with Crippen LogP contribution < -0.4 is 0 Å². The van der Waals surface area contributed by atoms with E-state index in [1.165, 1.54) is 0 Å². The van der Waals surface area contributed by atoms with Gasteiger partial charge in [0.05, 0.1) is 0 Å². The largest absolute Gasteiger partial charge is 0.448 e. The second-order valence-electron chi connectivity index (χ2n) is 7.14. The summed E-state index contributed by atoms with van der Waals surface area (Å²) in [6.07, 6.45) is -0.728. The Balaban J connectivity index is 1.92. The van der Waals surface area contributed by atoms with Gasteiger partial charge in [-0.1, -0.05) is 59.7 Å². The first-order valence-electron chi connectivity index (χ1n) is 8.40. The molecule has 0 aliphatic heterocycles. The van der Waals surface area contributed by atoms with Crippen LogP contribution in [0.4, 0.5) is 0 Å². The molecule has 0 radical (unpaired) electrons. The number of carbonyl (C=O) groups is 2. The lowest BCUT2D eigenvalue weighted by Gasteiger charge is -2.20. The number of Topliss-reactive ketones (excluding diaryl/α,β-unsaturated/α-hetero) is 1. The van der Waals surface area contributed by atoms with E-state index in [2.05, 4.69) is 0 Å². The fourth-order valence-corrected chi connectivity index (χ4v) is 3.43. The van der Waals surface area contributed by atoms with Crippen molar-refractivity contribution in [1.82, 2.24) is 0 Å². The zero-order chi connectivity index (χ0) is 19.1. The molecule has 136 valence electrons. The van der Waals surface area contributed by atoms with Crippen LogP contribution in [0.1, 0.15) is 46.5 Å². The predicted octanol–water partition coefficient (Wildman–Crippen LogP) is 5.35. The predicted molar refractivity (Wildman–Crippen MR) is 103 cm³/mol. The summed E-state index contributed by atoms with van der Waals surface area (Å²) in [7, 11) is 0. The molecule has 3 nitrogen and oxygen atoms in total. The highest BCUT2D eigenvalue weighted by atomic mass is 35.5. The average molecular weight is 391 g/mol. The van der Waals surface area contributed by atoms with E-state index in [1.807, 2.05) is 38.1 Å². The summed E-state index contributed by atoms with van der Waals surface area (Å²) in [5, 5.41) is 0. The molecule has 5 heteroatoms. The number of rotatable bonds is 5. The van der Waals surface area contributed by atoms with Crippen molar-refractivity contribution in [3.63, 3.8) is 0 Å². The Morgan fingerprint density at radius 3 is 1.88 bits per heavy atom. The van der Waals surface area contributed by atoms with Crippen molar-refractivity contribution in [3.8, 4) is 0 Å². The van der Waals surface area contributed by atoms with Gasteiger partial charge in [-0.2, -0.15) is 0 Å². The smallest absolute Gasteiger partial charge is 0.316 e. The molecule has 0 saturated heterocycles. The Kier molecular flexibility index (Phi) is 4.89. The van der Waals surface area contributed by atoms with Gasteiger partial charge in [-0.15, -0.1) is 23.2 Å². The number of hydrogen-bond acceptors (Lipinski definition) is 3. The van der Waals surface area contributed by atoms with Crippen LogP contribution in [0, 0.1) is 19.3 Å².